The van der Waals surface area contributed by atoms with E-state index in [9.17, 15) is 33.0 Å². The Morgan fingerprint density at radius 1 is 0.878 bits per heavy atom. The van der Waals surface area contributed by atoms with Crippen LogP contribution in [-0.2, 0) is 29.0 Å². The number of rotatable bonds is 23. The molecule has 4 atom stereocenters. The summed E-state index contributed by atoms with van der Waals surface area (Å²) in [5, 5.41) is 28.3. The average molecular weight is 1050 g/mol. The summed E-state index contributed by atoms with van der Waals surface area (Å²) < 4.78 is 42.5. The highest BCUT2D eigenvalue weighted by Gasteiger charge is 2.44. The molecular weight excluding hydrogens is 979 g/mol. The van der Waals surface area contributed by atoms with Gasteiger partial charge >= 0.3 is 0 Å². The molecule has 5 aromatic carbocycles. The van der Waals surface area contributed by atoms with Crippen molar-refractivity contribution in [2.24, 2.45) is 5.41 Å². The van der Waals surface area contributed by atoms with Gasteiger partial charge in [-0.25, -0.2) is 13.4 Å². The van der Waals surface area contributed by atoms with Crippen LogP contribution in [0.25, 0.3) is 32.3 Å². The first-order valence-electron chi connectivity index (χ1n) is 25.1. The molecule has 394 valence electrons. The minimum absolute atomic E-state index is 0.0132. The number of β-amino-alcohol motifs (C(OH)–C–C–N with tert-alkyl or cyclic N) is 1. The van der Waals surface area contributed by atoms with Crippen molar-refractivity contribution in [2.75, 3.05) is 52.3 Å². The van der Waals surface area contributed by atoms with Crippen LogP contribution in [0.4, 0.5) is 0 Å². The molecule has 0 bridgehead atoms. The molecule has 1 fully saturated rings. The number of likely N-dealkylation sites (N-methyl/N-ethyl adjacent to an activating group) is 1. The molecule has 1 saturated heterocycles. The molecule has 15 nitrogen and oxygen atoms in total. The molecule has 1 aliphatic heterocycles. The van der Waals surface area contributed by atoms with Gasteiger partial charge in [-0.3, -0.25) is 14.4 Å². The van der Waals surface area contributed by atoms with Crippen LogP contribution >= 0.6 is 11.3 Å². The largest absolute Gasteiger partial charge is 0.508 e. The lowest BCUT2D eigenvalue weighted by Crippen LogP contribution is -2.58. The summed E-state index contributed by atoms with van der Waals surface area (Å²) in [6, 6.07) is 28.7. The SMILES string of the molecule is CCN(CCCCCOCC(=O)N[C@H](C(=O)N1CC(O)CC1C(=O)NC(C)c1ccc(-c2scnc2C)cc1)C(C)(C)C)CCOc1ccc(Oc2c(-c3ccc(S(C)(=O)=O)cc3)ccc3cc(O)ccc23)cc1. The second-order valence-corrected chi connectivity index (χ2v) is 22.9. The number of fused-ring (bicyclic) bond motifs is 1. The quantitative estimate of drug-likeness (QED) is 0.0445. The van der Waals surface area contributed by atoms with Gasteiger partial charge in [-0.1, -0.05) is 70.2 Å². The van der Waals surface area contributed by atoms with Crippen LogP contribution < -0.4 is 20.1 Å². The highest BCUT2D eigenvalue weighted by Crippen LogP contribution is 2.41. The standard InChI is InChI=1S/C57H69N5O10S2/c1-8-61(29-31-71-45-20-22-46(23-21-45)72-52-48(26-18-42-32-43(63)19-27-49(42)52)40-16-24-47(25-17-40)74(7,68)69)28-10-9-11-30-70-35-51(65)60-54(57(4,5)6)56(67)62-34-44(64)33-50(62)55(66)59-37(2)39-12-14-41(15-13-39)53-38(3)58-36-73-53/h12-27,32,36-37,44,50,54,63-64H,8-11,28-31,33-35H2,1-7H3,(H,59,66)(H,60,65)/t37?,44?,50?,54-/m1/s1. The molecule has 74 heavy (non-hydrogen) atoms. The van der Waals surface area contributed by atoms with E-state index in [1.807, 2.05) is 101 Å². The number of hydrogen-bond acceptors (Lipinski definition) is 13. The van der Waals surface area contributed by atoms with E-state index in [0.29, 0.717) is 30.5 Å². The van der Waals surface area contributed by atoms with Crippen molar-refractivity contribution in [2.45, 2.75) is 96.4 Å². The average Bonchev–Trinajstić information content (AvgIpc) is 3.99. The number of aryl methyl sites for hydroxylation is 1. The number of aromatic nitrogens is 1. The summed E-state index contributed by atoms with van der Waals surface area (Å²) in [6.07, 6.45) is 2.98. The number of thiazole rings is 1. The molecule has 4 N–H and O–H groups in total. The van der Waals surface area contributed by atoms with E-state index in [2.05, 4.69) is 27.4 Å². The number of amides is 3. The molecule has 17 heteroatoms. The van der Waals surface area contributed by atoms with Crippen molar-refractivity contribution in [3.63, 3.8) is 0 Å². The third-order valence-electron chi connectivity index (χ3n) is 13.3. The number of nitrogens with one attached hydrogen (secondary N) is 2. The number of sulfone groups is 1. The van der Waals surface area contributed by atoms with Crippen LogP contribution in [0, 0.1) is 12.3 Å². The number of likely N-dealkylation sites (tertiary alicyclic amines) is 1. The Kier molecular flexibility index (Phi) is 18.5. The van der Waals surface area contributed by atoms with E-state index in [0.717, 1.165) is 82.5 Å². The number of benzene rings is 5. The van der Waals surface area contributed by atoms with Crippen LogP contribution in [0.15, 0.2) is 114 Å². The van der Waals surface area contributed by atoms with Crippen LogP contribution in [0.3, 0.4) is 0 Å². The Bertz CT molecular complexity index is 2980. The maximum absolute atomic E-state index is 14.1. The zero-order valence-electron chi connectivity index (χ0n) is 43.3. The van der Waals surface area contributed by atoms with Gasteiger partial charge < -0.3 is 44.9 Å². The number of carbonyl (C=O) groups excluding carboxylic acids is 3. The Morgan fingerprint density at radius 3 is 2.24 bits per heavy atom. The summed E-state index contributed by atoms with van der Waals surface area (Å²) in [5.74, 6) is 0.762. The number of nitrogens with zero attached hydrogens (tertiary/aromatic N) is 3. The van der Waals surface area contributed by atoms with E-state index >= 15 is 0 Å². The van der Waals surface area contributed by atoms with Gasteiger partial charge in [0, 0.05) is 43.3 Å². The smallest absolute Gasteiger partial charge is 0.246 e. The number of aromatic hydroxyl groups is 1. The molecule has 3 amide bonds. The summed E-state index contributed by atoms with van der Waals surface area (Å²) >= 11 is 1.57. The molecule has 0 saturated carbocycles. The molecular formula is C57H69N5O10S2. The number of hydrogen-bond donors (Lipinski definition) is 4. The zero-order valence-corrected chi connectivity index (χ0v) is 44.9. The van der Waals surface area contributed by atoms with Crippen molar-refractivity contribution in [1.82, 2.24) is 25.4 Å². The van der Waals surface area contributed by atoms with Gasteiger partial charge in [0.2, 0.25) is 17.7 Å². The van der Waals surface area contributed by atoms with Crippen LogP contribution in [0.5, 0.6) is 23.0 Å². The Balaban J connectivity index is 0.818. The van der Waals surface area contributed by atoms with Crippen molar-refractivity contribution in [3.8, 4) is 44.6 Å². The fraction of sp³-hybridized carbons (Fsp3) is 0.404. The lowest BCUT2D eigenvalue weighted by molar-refractivity contribution is -0.144. The maximum Gasteiger partial charge on any atom is 0.246 e. The molecule has 7 rings (SSSR count). The second kappa shape index (κ2) is 24.8. The molecule has 3 unspecified atom stereocenters. The third-order valence-corrected chi connectivity index (χ3v) is 15.4. The van der Waals surface area contributed by atoms with Gasteiger partial charge in [-0.2, -0.15) is 0 Å². The van der Waals surface area contributed by atoms with Crippen molar-refractivity contribution < 1.29 is 47.2 Å². The lowest BCUT2D eigenvalue weighted by atomic mass is 9.85. The molecule has 1 aliphatic rings. The fourth-order valence-electron chi connectivity index (χ4n) is 9.05. The van der Waals surface area contributed by atoms with Gasteiger partial charge in [0.15, 0.2) is 9.84 Å². The second-order valence-electron chi connectivity index (χ2n) is 20.0. The minimum atomic E-state index is -3.36. The summed E-state index contributed by atoms with van der Waals surface area (Å²) in [7, 11) is -3.36. The topological polar surface area (TPSA) is 197 Å². The van der Waals surface area contributed by atoms with Gasteiger partial charge in [0.1, 0.15) is 48.3 Å². The number of carbonyl (C=O) groups is 3. The predicted molar refractivity (Wildman–Crippen MR) is 289 cm³/mol. The monoisotopic (exact) mass is 1050 g/mol. The lowest BCUT2D eigenvalue weighted by Gasteiger charge is -2.35. The fourth-order valence-corrected chi connectivity index (χ4v) is 10.5. The maximum atomic E-state index is 14.1. The van der Waals surface area contributed by atoms with Crippen LogP contribution in [0.2, 0.25) is 0 Å². The first-order valence-corrected chi connectivity index (χ1v) is 27.9. The molecule has 0 radical (unpaired) electrons. The van der Waals surface area contributed by atoms with Crippen molar-refractivity contribution in [1.29, 1.82) is 0 Å². The van der Waals surface area contributed by atoms with Crippen molar-refractivity contribution >= 4 is 49.7 Å². The van der Waals surface area contributed by atoms with E-state index in [-0.39, 0.29) is 42.2 Å². The van der Waals surface area contributed by atoms with Crippen LogP contribution in [-0.4, -0.2) is 122 Å². The van der Waals surface area contributed by atoms with E-state index in [4.69, 9.17) is 14.2 Å². The Hall–Kier alpha value is -6.37. The predicted octanol–water partition coefficient (Wildman–Crippen LogP) is 9.10. The number of phenols is 1. The van der Waals surface area contributed by atoms with E-state index in [1.54, 1.807) is 53.8 Å². The highest BCUT2D eigenvalue weighted by molar-refractivity contribution is 7.90. The summed E-state index contributed by atoms with van der Waals surface area (Å²) in [6.45, 7) is 14.6. The molecule has 1 aromatic heterocycles. The molecule has 0 aliphatic carbocycles. The minimum Gasteiger partial charge on any atom is -0.508 e. The third kappa shape index (κ3) is 14.5. The van der Waals surface area contributed by atoms with E-state index in [1.165, 1.54) is 11.2 Å². The summed E-state index contributed by atoms with van der Waals surface area (Å²) in [5.41, 5.74) is 5.59. The molecule has 6 aromatic rings. The van der Waals surface area contributed by atoms with Crippen LogP contribution in [0.1, 0.15) is 77.6 Å². The first-order chi connectivity index (χ1) is 35.3. The number of aliphatic hydroxyl groups excluding tert-OH is 1. The zero-order chi connectivity index (χ0) is 53.2. The van der Waals surface area contributed by atoms with Gasteiger partial charge in [-0.15, -0.1) is 11.3 Å². The number of unbranched alkanes of at least 4 members (excludes halogenated alkanes) is 2. The van der Waals surface area contributed by atoms with Gasteiger partial charge in [0.25, 0.3) is 0 Å². The molecule has 2 heterocycles. The Morgan fingerprint density at radius 2 is 1.58 bits per heavy atom. The van der Waals surface area contributed by atoms with Gasteiger partial charge in [-0.05, 0) is 134 Å². The number of phenolic OH excluding ortho intramolecular Hbond substituents is 1. The first kappa shape index (κ1) is 55.4. The van der Waals surface area contributed by atoms with Crippen molar-refractivity contribution in [3.05, 3.63) is 120 Å². The normalized spacial score (nSPS) is 15.8. The van der Waals surface area contributed by atoms with Gasteiger partial charge in [0.05, 0.1) is 33.1 Å². The number of ether oxygens (including phenoxy) is 3. The van der Waals surface area contributed by atoms with E-state index < -0.39 is 45.3 Å². The molecule has 0 spiro atoms. The summed E-state index contributed by atoms with van der Waals surface area (Å²) in [4.78, 5) is 50.3. The highest BCUT2D eigenvalue weighted by atomic mass is 32.2. The number of aliphatic hydroxyl groups is 1. The Labute approximate surface area is 438 Å².